The summed E-state index contributed by atoms with van der Waals surface area (Å²) < 4.78 is 38.5. The Morgan fingerprint density at radius 1 is 1.05 bits per heavy atom. The van der Waals surface area contributed by atoms with Crippen molar-refractivity contribution < 1.29 is 64.3 Å². The Hall–Kier alpha value is 0.711. The van der Waals surface area contributed by atoms with Gasteiger partial charge in [0.15, 0.2) is 0 Å². The van der Waals surface area contributed by atoms with Crippen LogP contribution in [0.4, 0.5) is 12.9 Å². The van der Waals surface area contributed by atoms with Crippen LogP contribution in [0.15, 0.2) is 47.6 Å². The van der Waals surface area contributed by atoms with Gasteiger partial charge in [0.05, 0.1) is 0 Å². The van der Waals surface area contributed by atoms with E-state index in [0.717, 1.165) is 22.6 Å². The van der Waals surface area contributed by atoms with Gasteiger partial charge in [0, 0.05) is 0 Å². The molecule has 0 fully saturated rings. The molecule has 22 heavy (non-hydrogen) atoms. The summed E-state index contributed by atoms with van der Waals surface area (Å²) in [7, 11) is 0. The van der Waals surface area contributed by atoms with Crippen molar-refractivity contribution in [1.82, 2.24) is 0 Å². The van der Waals surface area contributed by atoms with Gasteiger partial charge in [0.1, 0.15) is 0 Å². The monoisotopic (exact) mass is 400 g/mol. The summed E-state index contributed by atoms with van der Waals surface area (Å²) >= 11 is 0.203. The third kappa shape index (κ3) is 9.76. The van der Waals surface area contributed by atoms with Gasteiger partial charge in [0.2, 0.25) is 0 Å². The van der Waals surface area contributed by atoms with E-state index in [1.165, 1.54) is 23.3 Å². The molecule has 1 aromatic carbocycles. The summed E-state index contributed by atoms with van der Waals surface area (Å²) in [5, 5.41) is 0.935. The average Bonchev–Trinajstić information content (AvgIpc) is 2.38. The van der Waals surface area contributed by atoms with Crippen LogP contribution < -0.4 is 61.3 Å². The number of hydrogen-bond acceptors (Lipinski definition) is 0. The van der Waals surface area contributed by atoms with Crippen LogP contribution in [-0.4, -0.2) is 21.9 Å². The van der Waals surface area contributed by atoms with Gasteiger partial charge < -0.3 is 0 Å². The quantitative estimate of drug-likeness (QED) is 0.478. The van der Waals surface area contributed by atoms with E-state index >= 15 is 0 Å². The maximum atomic E-state index is 12.5. The molecule has 0 unspecified atom stereocenters. The first-order valence-corrected chi connectivity index (χ1v) is 9.07. The van der Waals surface area contributed by atoms with Crippen LogP contribution in [0.1, 0.15) is 33.6 Å². The van der Waals surface area contributed by atoms with Crippen LogP contribution in [0.2, 0.25) is 5.32 Å². The van der Waals surface area contributed by atoms with Crippen LogP contribution in [0, 0.1) is 0 Å². The molecule has 0 aliphatic heterocycles. The first kappa shape index (κ1) is 22.7. The molecule has 0 heterocycles. The summed E-state index contributed by atoms with van der Waals surface area (Å²) in [6, 6.07) is 5.61. The Bertz CT molecular complexity index is 503. The standard InChI is InChI=1S/C16H21BF3Se.K/c1-13(2)5-4-6-14(3)11-12-21-16-9-7-15(8-10-16)17(18,19)20;/h5,7-11H,4,6,12H2,1-3H3;/q-1;+1/b14-11+;. The maximum absolute atomic E-state index is 12.5. The smallest absolute Gasteiger partial charge is 1.00 e. The minimum absolute atomic E-state index is 0. The van der Waals surface area contributed by atoms with E-state index in [9.17, 15) is 12.9 Å². The number of allylic oxidation sites excluding steroid dienone is 4. The Morgan fingerprint density at radius 2 is 1.64 bits per heavy atom. The van der Waals surface area contributed by atoms with E-state index in [1.807, 2.05) is 0 Å². The zero-order chi connectivity index (χ0) is 15.9. The Kier molecular flexibility index (Phi) is 11.7. The molecule has 0 saturated heterocycles. The second kappa shape index (κ2) is 11.3. The van der Waals surface area contributed by atoms with Crippen LogP contribution in [-0.2, 0) is 0 Å². The molecule has 0 aliphatic carbocycles. The van der Waals surface area contributed by atoms with Crippen molar-refractivity contribution in [2.24, 2.45) is 0 Å². The minimum Gasteiger partial charge on any atom is 1.00 e. The molecule has 0 atom stereocenters. The molecule has 1 aromatic rings. The Labute approximate surface area is 180 Å². The topological polar surface area (TPSA) is 0 Å². The molecule has 0 bridgehead atoms. The van der Waals surface area contributed by atoms with Crippen molar-refractivity contribution in [3.05, 3.63) is 47.6 Å². The van der Waals surface area contributed by atoms with Gasteiger partial charge in [-0.1, -0.05) is 0 Å². The van der Waals surface area contributed by atoms with Gasteiger partial charge in [-0.2, -0.15) is 0 Å². The van der Waals surface area contributed by atoms with Crippen molar-refractivity contribution in [3.63, 3.8) is 0 Å². The van der Waals surface area contributed by atoms with Crippen LogP contribution in [0.3, 0.4) is 0 Å². The van der Waals surface area contributed by atoms with Crippen LogP contribution >= 0.6 is 0 Å². The van der Waals surface area contributed by atoms with E-state index in [2.05, 4.69) is 32.9 Å². The van der Waals surface area contributed by atoms with E-state index in [4.69, 9.17) is 0 Å². The number of hydrogen-bond donors (Lipinski definition) is 0. The first-order chi connectivity index (χ1) is 9.79. The molecule has 0 amide bonds. The van der Waals surface area contributed by atoms with E-state index in [-0.39, 0.29) is 66.3 Å². The minimum atomic E-state index is -4.87. The van der Waals surface area contributed by atoms with Crippen molar-refractivity contribution in [2.45, 2.75) is 38.9 Å². The molecule has 0 spiro atoms. The molecule has 0 saturated carbocycles. The predicted octanol–water partition coefficient (Wildman–Crippen LogP) is 1.19. The molecular weight excluding hydrogens is 378 g/mol. The third-order valence-electron chi connectivity index (χ3n) is 3.03. The van der Waals surface area contributed by atoms with Gasteiger partial charge >= 0.3 is 183 Å². The van der Waals surface area contributed by atoms with E-state index in [0.29, 0.717) is 0 Å². The Morgan fingerprint density at radius 3 is 2.14 bits per heavy atom. The second-order valence-electron chi connectivity index (χ2n) is 5.33. The molecule has 116 valence electrons. The average molecular weight is 399 g/mol. The van der Waals surface area contributed by atoms with Gasteiger partial charge in [-0.15, -0.1) is 0 Å². The summed E-state index contributed by atoms with van der Waals surface area (Å²) in [6.45, 7) is 1.43. The molecule has 0 radical (unpaired) electrons. The van der Waals surface area contributed by atoms with Crippen molar-refractivity contribution >= 4 is 31.9 Å². The van der Waals surface area contributed by atoms with Crippen LogP contribution in [0.5, 0.6) is 0 Å². The van der Waals surface area contributed by atoms with Crippen molar-refractivity contribution in [1.29, 1.82) is 0 Å². The maximum Gasteiger partial charge on any atom is 1.00 e. The van der Waals surface area contributed by atoms with Crippen molar-refractivity contribution in [2.75, 3.05) is 0 Å². The van der Waals surface area contributed by atoms with Gasteiger partial charge in [-0.3, -0.25) is 0 Å². The number of halogens is 3. The fourth-order valence-electron chi connectivity index (χ4n) is 1.75. The van der Waals surface area contributed by atoms with Gasteiger partial charge in [-0.25, -0.2) is 0 Å². The second-order valence-corrected chi connectivity index (χ2v) is 7.62. The summed E-state index contributed by atoms with van der Waals surface area (Å²) in [5.74, 6) is 0. The largest absolute Gasteiger partial charge is 1.00 e. The Balaban J connectivity index is 0.00000441. The predicted molar refractivity (Wildman–Crippen MR) is 87.8 cm³/mol. The fourth-order valence-corrected chi connectivity index (χ4v) is 3.62. The summed E-state index contributed by atoms with van der Waals surface area (Å²) in [6.07, 6.45) is 6.54. The third-order valence-corrected chi connectivity index (χ3v) is 5.00. The van der Waals surface area contributed by atoms with Gasteiger partial charge in [0.25, 0.3) is 0 Å². The molecular formula is C16H21BF3KSe. The zero-order valence-corrected chi connectivity index (χ0v) is 18.5. The van der Waals surface area contributed by atoms with Crippen LogP contribution in [0.25, 0.3) is 0 Å². The van der Waals surface area contributed by atoms with Crippen molar-refractivity contribution in [3.8, 4) is 0 Å². The molecule has 0 aromatic heterocycles. The van der Waals surface area contributed by atoms with E-state index < -0.39 is 12.4 Å². The molecule has 0 N–H and O–H groups in total. The molecule has 6 heteroatoms. The normalized spacial score (nSPS) is 11.8. The molecule has 1 rings (SSSR count). The molecule has 0 nitrogen and oxygen atoms in total. The fraction of sp³-hybridized carbons (Fsp3) is 0.375. The zero-order valence-electron chi connectivity index (χ0n) is 13.7. The number of benzene rings is 1. The van der Waals surface area contributed by atoms with Gasteiger partial charge in [-0.05, 0) is 0 Å². The molecule has 0 aliphatic rings. The summed E-state index contributed by atoms with van der Waals surface area (Å²) in [5.41, 5.74) is 2.17. The summed E-state index contributed by atoms with van der Waals surface area (Å²) in [4.78, 5) is 0. The first-order valence-electron chi connectivity index (χ1n) is 7.00. The SMILES string of the molecule is CC(C)=CCC/C(C)=C/C[Se]c1ccc([B-](F)(F)F)cc1.[K+]. The number of rotatable bonds is 7. The van der Waals surface area contributed by atoms with E-state index in [1.54, 1.807) is 12.1 Å².